The molecule has 1 aromatic carbocycles. The number of carbonyl (C=O) groups excluding carboxylic acids is 1. The molecule has 2 amide bonds. The number of aliphatic hydroxyl groups is 1. The molecule has 0 bridgehead atoms. The monoisotopic (exact) mass is 319 g/mol. The van der Waals surface area contributed by atoms with E-state index >= 15 is 0 Å². The summed E-state index contributed by atoms with van der Waals surface area (Å²) in [5.74, 6) is 0.231. The number of aliphatic hydroxyl groups excluding tert-OH is 1. The van der Waals surface area contributed by atoms with E-state index in [2.05, 4.69) is 29.4 Å². The Morgan fingerprint density at radius 1 is 1.26 bits per heavy atom. The molecule has 1 fully saturated rings. The third kappa shape index (κ3) is 5.43. The van der Waals surface area contributed by atoms with Gasteiger partial charge in [0.1, 0.15) is 0 Å². The first kappa shape index (κ1) is 17.6. The van der Waals surface area contributed by atoms with Crippen molar-refractivity contribution in [2.24, 2.45) is 5.92 Å². The van der Waals surface area contributed by atoms with Crippen molar-refractivity contribution in [2.45, 2.75) is 31.8 Å². The quantitative estimate of drug-likeness (QED) is 0.758. The molecule has 23 heavy (non-hydrogen) atoms. The predicted molar refractivity (Wildman–Crippen MR) is 93.7 cm³/mol. The molecule has 1 aromatic rings. The van der Waals surface area contributed by atoms with Crippen molar-refractivity contribution in [3.8, 4) is 0 Å². The molecule has 1 aliphatic rings. The van der Waals surface area contributed by atoms with E-state index in [-0.39, 0.29) is 18.1 Å². The van der Waals surface area contributed by atoms with Gasteiger partial charge in [0, 0.05) is 45.3 Å². The maximum absolute atomic E-state index is 12.1. The van der Waals surface area contributed by atoms with Crippen molar-refractivity contribution in [3.63, 3.8) is 0 Å². The lowest BCUT2D eigenvalue weighted by atomic mass is 10.1. The Morgan fingerprint density at radius 3 is 2.65 bits per heavy atom. The standard InChI is InChI=1S/C18H29N3O2/c1-20(16-9-4-3-5-10-16)13-7-12-19-18(23)21(2)14-15-8-6-11-17(15)22/h3-5,9-10,15,17,22H,6-8,11-14H2,1-2H3,(H,19,23). The van der Waals surface area contributed by atoms with Crippen molar-refractivity contribution in [1.82, 2.24) is 10.2 Å². The lowest BCUT2D eigenvalue weighted by Crippen LogP contribution is -2.41. The van der Waals surface area contributed by atoms with Crippen LogP contribution >= 0.6 is 0 Å². The number of amides is 2. The minimum absolute atomic E-state index is 0.0496. The highest BCUT2D eigenvalue weighted by Gasteiger charge is 2.27. The Labute approximate surface area is 139 Å². The Balaban J connectivity index is 1.62. The first-order chi connectivity index (χ1) is 11.1. The summed E-state index contributed by atoms with van der Waals surface area (Å²) in [6.45, 7) is 2.19. The van der Waals surface area contributed by atoms with Gasteiger partial charge in [-0.3, -0.25) is 0 Å². The van der Waals surface area contributed by atoms with Crippen LogP contribution in [0.4, 0.5) is 10.5 Å². The summed E-state index contributed by atoms with van der Waals surface area (Å²) in [5, 5.41) is 12.8. The zero-order valence-corrected chi connectivity index (χ0v) is 14.2. The first-order valence-electron chi connectivity index (χ1n) is 8.51. The van der Waals surface area contributed by atoms with Crippen LogP contribution in [-0.4, -0.2) is 55.9 Å². The van der Waals surface area contributed by atoms with Crippen LogP contribution in [0.15, 0.2) is 30.3 Å². The molecule has 0 aliphatic heterocycles. The van der Waals surface area contributed by atoms with Gasteiger partial charge in [0.25, 0.3) is 0 Å². The van der Waals surface area contributed by atoms with Crippen LogP contribution in [-0.2, 0) is 0 Å². The number of carbonyl (C=O) groups is 1. The Bertz CT molecular complexity index is 480. The number of nitrogens with one attached hydrogen (secondary N) is 1. The number of anilines is 1. The number of nitrogens with zero attached hydrogens (tertiary/aromatic N) is 2. The minimum Gasteiger partial charge on any atom is -0.393 e. The molecule has 5 nitrogen and oxygen atoms in total. The van der Waals surface area contributed by atoms with E-state index in [0.717, 1.165) is 32.2 Å². The second-order valence-corrected chi connectivity index (χ2v) is 6.48. The van der Waals surface area contributed by atoms with Crippen molar-refractivity contribution in [1.29, 1.82) is 0 Å². The van der Waals surface area contributed by atoms with E-state index in [4.69, 9.17) is 0 Å². The van der Waals surface area contributed by atoms with Gasteiger partial charge < -0.3 is 20.2 Å². The normalized spacial score (nSPS) is 20.3. The predicted octanol–water partition coefficient (Wildman–Crippen LogP) is 2.32. The molecule has 0 radical (unpaired) electrons. The molecule has 128 valence electrons. The van der Waals surface area contributed by atoms with E-state index in [1.54, 1.807) is 11.9 Å². The SMILES string of the molecule is CN(CC1CCCC1O)C(=O)NCCCN(C)c1ccccc1. The molecule has 2 atom stereocenters. The number of para-hydroxylation sites is 1. The number of rotatable bonds is 7. The fraction of sp³-hybridized carbons (Fsp3) is 0.611. The largest absolute Gasteiger partial charge is 0.393 e. The van der Waals surface area contributed by atoms with Gasteiger partial charge in [-0.25, -0.2) is 4.79 Å². The second kappa shape index (κ2) is 8.77. The summed E-state index contributed by atoms with van der Waals surface area (Å²) in [4.78, 5) is 16.0. The fourth-order valence-corrected chi connectivity index (χ4v) is 3.12. The summed E-state index contributed by atoms with van der Waals surface area (Å²) in [6.07, 6.45) is 3.60. The molecule has 0 saturated heterocycles. The molecular formula is C18H29N3O2. The Kier molecular flexibility index (Phi) is 6.71. The van der Waals surface area contributed by atoms with Crippen LogP contribution in [0.1, 0.15) is 25.7 Å². The van der Waals surface area contributed by atoms with Gasteiger partial charge in [-0.05, 0) is 31.4 Å². The first-order valence-corrected chi connectivity index (χ1v) is 8.51. The van der Waals surface area contributed by atoms with E-state index in [9.17, 15) is 9.90 Å². The highest BCUT2D eigenvalue weighted by Crippen LogP contribution is 2.25. The van der Waals surface area contributed by atoms with E-state index in [0.29, 0.717) is 13.1 Å². The molecule has 5 heteroatoms. The maximum Gasteiger partial charge on any atom is 0.317 e. The topological polar surface area (TPSA) is 55.8 Å². The minimum atomic E-state index is -0.246. The molecule has 0 heterocycles. The lowest BCUT2D eigenvalue weighted by molar-refractivity contribution is 0.114. The average molecular weight is 319 g/mol. The molecule has 2 rings (SSSR count). The molecule has 2 unspecified atom stereocenters. The molecule has 0 spiro atoms. The number of hydrogen-bond acceptors (Lipinski definition) is 3. The zero-order valence-electron chi connectivity index (χ0n) is 14.2. The van der Waals surface area contributed by atoms with Crippen molar-refractivity contribution in [3.05, 3.63) is 30.3 Å². The zero-order chi connectivity index (χ0) is 16.7. The second-order valence-electron chi connectivity index (χ2n) is 6.48. The third-order valence-corrected chi connectivity index (χ3v) is 4.62. The molecule has 1 saturated carbocycles. The van der Waals surface area contributed by atoms with Gasteiger partial charge in [-0.1, -0.05) is 24.6 Å². The van der Waals surface area contributed by atoms with Crippen molar-refractivity contribution in [2.75, 3.05) is 38.6 Å². The van der Waals surface area contributed by atoms with Crippen molar-refractivity contribution >= 4 is 11.7 Å². The smallest absolute Gasteiger partial charge is 0.317 e. The summed E-state index contributed by atoms with van der Waals surface area (Å²) in [7, 11) is 3.86. The molecular weight excluding hydrogens is 290 g/mol. The van der Waals surface area contributed by atoms with Gasteiger partial charge in [-0.2, -0.15) is 0 Å². The van der Waals surface area contributed by atoms with Crippen molar-refractivity contribution < 1.29 is 9.90 Å². The summed E-state index contributed by atoms with van der Waals surface area (Å²) < 4.78 is 0. The molecule has 2 N–H and O–H groups in total. The lowest BCUT2D eigenvalue weighted by Gasteiger charge is -2.24. The van der Waals surface area contributed by atoms with Gasteiger partial charge >= 0.3 is 6.03 Å². The highest BCUT2D eigenvalue weighted by atomic mass is 16.3. The Hall–Kier alpha value is -1.75. The van der Waals surface area contributed by atoms with Gasteiger partial charge in [0.05, 0.1) is 6.10 Å². The summed E-state index contributed by atoms with van der Waals surface area (Å²) in [6, 6.07) is 10.2. The van der Waals surface area contributed by atoms with E-state index in [1.165, 1.54) is 5.69 Å². The van der Waals surface area contributed by atoms with Gasteiger partial charge in [0.2, 0.25) is 0 Å². The summed E-state index contributed by atoms with van der Waals surface area (Å²) >= 11 is 0. The Morgan fingerprint density at radius 2 is 2.00 bits per heavy atom. The van der Waals surface area contributed by atoms with Crippen LogP contribution < -0.4 is 10.2 Å². The van der Waals surface area contributed by atoms with E-state index in [1.807, 2.05) is 18.2 Å². The molecule has 1 aliphatic carbocycles. The van der Waals surface area contributed by atoms with Gasteiger partial charge in [0.15, 0.2) is 0 Å². The van der Waals surface area contributed by atoms with Crippen LogP contribution in [0.3, 0.4) is 0 Å². The van der Waals surface area contributed by atoms with E-state index < -0.39 is 0 Å². The number of hydrogen-bond donors (Lipinski definition) is 2. The highest BCUT2D eigenvalue weighted by molar-refractivity contribution is 5.73. The third-order valence-electron chi connectivity index (χ3n) is 4.62. The van der Waals surface area contributed by atoms with Crippen LogP contribution in [0, 0.1) is 5.92 Å². The van der Waals surface area contributed by atoms with Gasteiger partial charge in [-0.15, -0.1) is 0 Å². The number of benzene rings is 1. The maximum atomic E-state index is 12.1. The fourth-order valence-electron chi connectivity index (χ4n) is 3.12. The summed E-state index contributed by atoms with van der Waals surface area (Å²) in [5.41, 5.74) is 1.19. The van der Waals surface area contributed by atoms with Crippen LogP contribution in [0.25, 0.3) is 0 Å². The van der Waals surface area contributed by atoms with Crippen LogP contribution in [0.2, 0.25) is 0 Å². The van der Waals surface area contributed by atoms with Crippen LogP contribution in [0.5, 0.6) is 0 Å². The molecule has 0 aromatic heterocycles. The number of urea groups is 1. The average Bonchev–Trinajstić information content (AvgIpc) is 2.96.